The van der Waals surface area contributed by atoms with Crippen molar-refractivity contribution in [2.24, 2.45) is 22.7 Å². The summed E-state index contributed by atoms with van der Waals surface area (Å²) < 4.78 is 0. The van der Waals surface area contributed by atoms with E-state index < -0.39 is 0 Å². The number of allylic oxidation sites excluding steroid dienone is 5. The van der Waals surface area contributed by atoms with Gasteiger partial charge < -0.3 is 5.11 Å². The van der Waals surface area contributed by atoms with E-state index in [1.807, 2.05) is 19.9 Å². The standard InChI is InChI=1S/C19H24O2.C2H6/c1-18-9-7-13(20)11-12(18)3-4-14-15-5-6-17(21)19(15,2)10-8-16(14)18;1-2/h3-4,8,11,13-15,20H,5-7,9-10H2,1-2H3;1-2H3. The van der Waals surface area contributed by atoms with Gasteiger partial charge in [0, 0.05) is 23.2 Å². The van der Waals surface area contributed by atoms with E-state index in [0.29, 0.717) is 17.6 Å². The highest BCUT2D eigenvalue weighted by Crippen LogP contribution is 2.60. The Morgan fingerprint density at radius 3 is 2.70 bits per heavy atom. The van der Waals surface area contributed by atoms with Crippen molar-refractivity contribution in [3.8, 4) is 0 Å². The first-order chi connectivity index (χ1) is 10.9. The zero-order valence-corrected chi connectivity index (χ0v) is 14.9. The van der Waals surface area contributed by atoms with Gasteiger partial charge in [0.05, 0.1) is 6.10 Å². The molecule has 0 aromatic carbocycles. The highest BCUT2D eigenvalue weighted by molar-refractivity contribution is 5.87. The minimum Gasteiger partial charge on any atom is -0.389 e. The summed E-state index contributed by atoms with van der Waals surface area (Å²) in [5.41, 5.74) is 2.73. The summed E-state index contributed by atoms with van der Waals surface area (Å²) >= 11 is 0. The lowest BCUT2D eigenvalue weighted by Gasteiger charge is -2.50. The Balaban J connectivity index is 0.000000753. The van der Waals surface area contributed by atoms with Crippen molar-refractivity contribution in [2.45, 2.75) is 65.9 Å². The first-order valence-electron chi connectivity index (χ1n) is 9.27. The number of hydrogen-bond acceptors (Lipinski definition) is 2. The van der Waals surface area contributed by atoms with Gasteiger partial charge >= 0.3 is 0 Å². The molecule has 0 aromatic heterocycles. The Labute approximate surface area is 140 Å². The minimum absolute atomic E-state index is 0.0750. The molecule has 23 heavy (non-hydrogen) atoms. The zero-order valence-electron chi connectivity index (χ0n) is 14.9. The summed E-state index contributed by atoms with van der Waals surface area (Å²) in [6, 6.07) is 0. The van der Waals surface area contributed by atoms with Crippen LogP contribution in [0.1, 0.15) is 59.8 Å². The van der Waals surface area contributed by atoms with Gasteiger partial charge in [-0.15, -0.1) is 0 Å². The lowest BCUT2D eigenvalue weighted by atomic mass is 9.54. The molecule has 1 N–H and O–H groups in total. The van der Waals surface area contributed by atoms with Crippen LogP contribution >= 0.6 is 0 Å². The van der Waals surface area contributed by atoms with Crippen LogP contribution < -0.4 is 0 Å². The second kappa shape index (κ2) is 5.73. The second-order valence-corrected chi connectivity index (χ2v) is 7.79. The van der Waals surface area contributed by atoms with Crippen molar-refractivity contribution >= 4 is 5.78 Å². The molecule has 2 nitrogen and oxygen atoms in total. The molecule has 1 saturated carbocycles. The normalized spacial score (nSPS) is 44.2. The lowest BCUT2D eigenvalue weighted by Crippen LogP contribution is -2.43. The Morgan fingerprint density at radius 2 is 1.96 bits per heavy atom. The van der Waals surface area contributed by atoms with E-state index >= 15 is 0 Å². The maximum Gasteiger partial charge on any atom is 0.139 e. The van der Waals surface area contributed by atoms with E-state index in [4.69, 9.17) is 0 Å². The molecule has 4 aliphatic rings. The lowest BCUT2D eigenvalue weighted by molar-refractivity contribution is -0.126. The second-order valence-electron chi connectivity index (χ2n) is 7.79. The van der Waals surface area contributed by atoms with Crippen LogP contribution in [-0.4, -0.2) is 17.0 Å². The van der Waals surface area contributed by atoms with Gasteiger partial charge in [0.15, 0.2) is 0 Å². The predicted octanol–water partition coefficient (Wildman–Crippen LogP) is 4.60. The van der Waals surface area contributed by atoms with Crippen LogP contribution in [0.15, 0.2) is 35.5 Å². The van der Waals surface area contributed by atoms with Crippen molar-refractivity contribution in [1.82, 2.24) is 0 Å². The molecular formula is C21H30O2. The zero-order chi connectivity index (χ0) is 16.8. The molecule has 0 aliphatic heterocycles. The first-order valence-corrected chi connectivity index (χ1v) is 9.27. The van der Waals surface area contributed by atoms with Gasteiger partial charge in [-0.25, -0.2) is 0 Å². The molecule has 5 unspecified atom stereocenters. The maximum absolute atomic E-state index is 12.3. The Hall–Kier alpha value is -1.15. The summed E-state index contributed by atoms with van der Waals surface area (Å²) in [6.07, 6.45) is 13.2. The van der Waals surface area contributed by atoms with Crippen molar-refractivity contribution in [2.75, 3.05) is 0 Å². The molecule has 0 heterocycles. The number of aliphatic hydroxyl groups excluding tert-OH is 1. The first kappa shape index (κ1) is 16.7. The summed E-state index contributed by atoms with van der Waals surface area (Å²) in [5.74, 6) is 1.36. The number of ketones is 1. The highest BCUT2D eigenvalue weighted by Gasteiger charge is 2.54. The van der Waals surface area contributed by atoms with Gasteiger partial charge in [-0.05, 0) is 37.2 Å². The molecule has 0 spiro atoms. The molecule has 126 valence electrons. The SMILES string of the molecule is CC.CC12CCC(O)C=C1C=CC1C2=CCC2(C)C(=O)CCC12. The third-order valence-corrected chi connectivity index (χ3v) is 6.75. The van der Waals surface area contributed by atoms with E-state index in [0.717, 1.165) is 32.1 Å². The molecule has 5 atom stereocenters. The van der Waals surface area contributed by atoms with E-state index in [2.05, 4.69) is 32.1 Å². The molecule has 0 aromatic rings. The van der Waals surface area contributed by atoms with Gasteiger partial charge in [0.25, 0.3) is 0 Å². The van der Waals surface area contributed by atoms with Crippen LogP contribution in [0.3, 0.4) is 0 Å². The summed E-state index contributed by atoms with van der Waals surface area (Å²) in [6.45, 7) is 8.50. The number of fused-ring (bicyclic) bond motifs is 5. The average Bonchev–Trinajstić information content (AvgIpc) is 2.86. The van der Waals surface area contributed by atoms with Crippen LogP contribution in [-0.2, 0) is 4.79 Å². The summed E-state index contributed by atoms with van der Waals surface area (Å²) in [5, 5.41) is 9.91. The third kappa shape index (κ3) is 2.29. The fraction of sp³-hybridized carbons (Fsp3) is 0.667. The van der Waals surface area contributed by atoms with Crippen LogP contribution in [0.4, 0.5) is 0 Å². The molecule has 0 saturated heterocycles. The van der Waals surface area contributed by atoms with Gasteiger partial charge in [0.2, 0.25) is 0 Å². The fourth-order valence-corrected chi connectivity index (χ4v) is 5.26. The van der Waals surface area contributed by atoms with E-state index in [1.165, 1.54) is 11.1 Å². The van der Waals surface area contributed by atoms with Crippen LogP contribution in [0.5, 0.6) is 0 Å². The number of aliphatic hydroxyl groups is 1. The van der Waals surface area contributed by atoms with Crippen molar-refractivity contribution in [3.63, 3.8) is 0 Å². The van der Waals surface area contributed by atoms with E-state index in [9.17, 15) is 9.90 Å². The van der Waals surface area contributed by atoms with E-state index in [1.54, 1.807) is 0 Å². The predicted molar refractivity (Wildman–Crippen MR) is 93.9 cm³/mol. The fourth-order valence-electron chi connectivity index (χ4n) is 5.26. The molecule has 0 bridgehead atoms. The summed E-state index contributed by atoms with van der Waals surface area (Å²) in [7, 11) is 0. The molecule has 2 heteroatoms. The highest BCUT2D eigenvalue weighted by atomic mass is 16.3. The van der Waals surface area contributed by atoms with E-state index in [-0.39, 0.29) is 16.9 Å². The number of carbonyl (C=O) groups excluding carboxylic acids is 1. The molecule has 0 amide bonds. The van der Waals surface area contributed by atoms with Crippen molar-refractivity contribution < 1.29 is 9.90 Å². The number of Topliss-reactive ketones (excluding diaryl/α,β-unsaturated/α-hetero) is 1. The minimum atomic E-state index is -0.295. The van der Waals surface area contributed by atoms with Gasteiger partial charge in [-0.1, -0.05) is 57.6 Å². The van der Waals surface area contributed by atoms with Crippen molar-refractivity contribution in [3.05, 3.63) is 35.5 Å². The largest absolute Gasteiger partial charge is 0.389 e. The molecule has 4 aliphatic carbocycles. The van der Waals surface area contributed by atoms with Crippen molar-refractivity contribution in [1.29, 1.82) is 0 Å². The van der Waals surface area contributed by atoms with Crippen LogP contribution in [0, 0.1) is 22.7 Å². The Morgan fingerprint density at radius 1 is 1.22 bits per heavy atom. The smallest absolute Gasteiger partial charge is 0.139 e. The summed E-state index contributed by atoms with van der Waals surface area (Å²) in [4.78, 5) is 12.3. The maximum atomic E-state index is 12.3. The average molecular weight is 314 g/mol. The van der Waals surface area contributed by atoms with Crippen LogP contribution in [0.2, 0.25) is 0 Å². The van der Waals surface area contributed by atoms with Crippen LogP contribution in [0.25, 0.3) is 0 Å². The molecule has 4 rings (SSSR count). The quantitative estimate of drug-likeness (QED) is 0.663. The van der Waals surface area contributed by atoms with Gasteiger partial charge in [0.1, 0.15) is 5.78 Å². The Bertz CT molecular complexity index is 597. The monoisotopic (exact) mass is 314 g/mol. The number of rotatable bonds is 0. The Kier molecular flexibility index (Phi) is 4.16. The molecule has 0 radical (unpaired) electrons. The van der Waals surface area contributed by atoms with Gasteiger partial charge in [-0.2, -0.15) is 0 Å². The molecule has 1 fully saturated rings. The van der Waals surface area contributed by atoms with Gasteiger partial charge in [-0.3, -0.25) is 4.79 Å². The topological polar surface area (TPSA) is 37.3 Å². The third-order valence-electron chi connectivity index (χ3n) is 6.75. The number of carbonyl (C=O) groups is 1. The molecular weight excluding hydrogens is 284 g/mol. The number of hydrogen-bond donors (Lipinski definition) is 1.